The van der Waals surface area contributed by atoms with Crippen LogP contribution in [-0.2, 0) is 6.54 Å². The molecule has 1 aromatic heterocycles. The van der Waals surface area contributed by atoms with Gasteiger partial charge in [-0.15, -0.1) is 0 Å². The molecule has 0 atom stereocenters. The van der Waals surface area contributed by atoms with Crippen LogP contribution in [0.3, 0.4) is 0 Å². The molecule has 1 heterocycles. The van der Waals surface area contributed by atoms with Gasteiger partial charge in [0.1, 0.15) is 0 Å². The lowest BCUT2D eigenvalue weighted by Gasteiger charge is -2.15. The fourth-order valence-corrected chi connectivity index (χ4v) is 1.82. The van der Waals surface area contributed by atoms with Crippen LogP contribution in [0.25, 0.3) is 0 Å². The molecule has 0 saturated carbocycles. The summed E-state index contributed by atoms with van der Waals surface area (Å²) in [6, 6.07) is 10.9. The summed E-state index contributed by atoms with van der Waals surface area (Å²) in [5.41, 5.74) is 8.62. The van der Waals surface area contributed by atoms with Crippen molar-refractivity contribution in [3.8, 4) is 0 Å². The maximum Gasteiger partial charge on any atom is 0.255 e. The molecule has 0 saturated heterocycles. The van der Waals surface area contributed by atoms with E-state index >= 15 is 0 Å². The SMILES string of the molecule is CN(C)C(=O)c1ccc(N)cc1NCc1ccccn1. The number of carbonyl (C=O) groups is 1. The average Bonchev–Trinajstić information content (AvgIpc) is 2.45. The summed E-state index contributed by atoms with van der Waals surface area (Å²) in [4.78, 5) is 17.9. The van der Waals surface area contributed by atoms with E-state index in [1.165, 1.54) is 4.90 Å². The van der Waals surface area contributed by atoms with Crippen LogP contribution in [0.5, 0.6) is 0 Å². The number of anilines is 2. The van der Waals surface area contributed by atoms with Gasteiger partial charge in [-0.2, -0.15) is 0 Å². The predicted octanol–water partition coefficient (Wildman–Crippen LogP) is 1.98. The fraction of sp³-hybridized carbons (Fsp3) is 0.200. The van der Waals surface area contributed by atoms with Crippen molar-refractivity contribution in [2.75, 3.05) is 25.1 Å². The Morgan fingerprint density at radius 3 is 2.75 bits per heavy atom. The second kappa shape index (κ2) is 6.06. The number of benzene rings is 1. The minimum Gasteiger partial charge on any atom is -0.399 e. The third kappa shape index (κ3) is 3.26. The first-order chi connectivity index (χ1) is 9.58. The summed E-state index contributed by atoms with van der Waals surface area (Å²) >= 11 is 0. The van der Waals surface area contributed by atoms with Gasteiger partial charge in [0, 0.05) is 31.7 Å². The number of carbonyl (C=O) groups excluding carboxylic acids is 1. The molecule has 104 valence electrons. The van der Waals surface area contributed by atoms with E-state index in [1.807, 2.05) is 18.2 Å². The van der Waals surface area contributed by atoms with E-state index in [-0.39, 0.29) is 5.91 Å². The minimum absolute atomic E-state index is 0.0616. The fourth-order valence-electron chi connectivity index (χ4n) is 1.82. The van der Waals surface area contributed by atoms with Crippen LogP contribution in [0.4, 0.5) is 11.4 Å². The predicted molar refractivity (Wildman–Crippen MR) is 80.4 cm³/mol. The minimum atomic E-state index is -0.0616. The van der Waals surface area contributed by atoms with Gasteiger partial charge in [0.05, 0.1) is 17.8 Å². The van der Waals surface area contributed by atoms with Crippen molar-refractivity contribution in [3.05, 3.63) is 53.9 Å². The van der Waals surface area contributed by atoms with Crippen LogP contribution in [0, 0.1) is 0 Å². The molecule has 0 aliphatic carbocycles. The number of amides is 1. The Kier molecular flexibility index (Phi) is 4.20. The number of aromatic nitrogens is 1. The van der Waals surface area contributed by atoms with Crippen molar-refractivity contribution >= 4 is 17.3 Å². The summed E-state index contributed by atoms with van der Waals surface area (Å²) in [7, 11) is 3.45. The summed E-state index contributed by atoms with van der Waals surface area (Å²) < 4.78 is 0. The molecule has 3 N–H and O–H groups in total. The Balaban J connectivity index is 2.21. The molecule has 0 aliphatic rings. The maximum absolute atomic E-state index is 12.1. The first-order valence-electron chi connectivity index (χ1n) is 6.33. The molecule has 0 fully saturated rings. The number of nitrogens with two attached hydrogens (primary N) is 1. The average molecular weight is 270 g/mol. The van der Waals surface area contributed by atoms with Crippen LogP contribution in [0.1, 0.15) is 16.1 Å². The highest BCUT2D eigenvalue weighted by molar-refractivity contribution is 5.99. The standard InChI is InChI=1S/C15H18N4O/c1-19(2)15(20)13-7-6-11(16)9-14(13)18-10-12-5-3-4-8-17-12/h3-9,18H,10,16H2,1-2H3. The van der Waals surface area contributed by atoms with E-state index in [0.717, 1.165) is 5.69 Å². The molecule has 0 aliphatic heterocycles. The number of nitrogens with one attached hydrogen (secondary N) is 1. The van der Waals surface area contributed by atoms with Crippen molar-refractivity contribution in [1.82, 2.24) is 9.88 Å². The number of nitrogen functional groups attached to an aromatic ring is 1. The Hall–Kier alpha value is -2.56. The third-order valence-electron chi connectivity index (χ3n) is 2.87. The monoisotopic (exact) mass is 270 g/mol. The number of nitrogens with zero attached hydrogens (tertiary/aromatic N) is 2. The topological polar surface area (TPSA) is 71.2 Å². The van der Waals surface area contributed by atoms with Crippen molar-refractivity contribution < 1.29 is 4.79 Å². The molecule has 0 spiro atoms. The van der Waals surface area contributed by atoms with Crippen LogP contribution in [0.2, 0.25) is 0 Å². The summed E-state index contributed by atoms with van der Waals surface area (Å²) in [5, 5.41) is 3.22. The Labute approximate surface area is 118 Å². The summed E-state index contributed by atoms with van der Waals surface area (Å²) in [6.45, 7) is 0.540. The largest absolute Gasteiger partial charge is 0.399 e. The molecule has 0 radical (unpaired) electrons. The number of hydrogen-bond donors (Lipinski definition) is 2. The normalized spacial score (nSPS) is 10.1. The zero-order valence-electron chi connectivity index (χ0n) is 11.6. The number of pyridine rings is 1. The van der Waals surface area contributed by atoms with Gasteiger partial charge in [0.2, 0.25) is 0 Å². The Morgan fingerprint density at radius 2 is 2.10 bits per heavy atom. The lowest BCUT2D eigenvalue weighted by Crippen LogP contribution is -2.23. The van der Waals surface area contributed by atoms with Crippen molar-refractivity contribution in [2.45, 2.75) is 6.54 Å². The quantitative estimate of drug-likeness (QED) is 0.833. The molecule has 5 nitrogen and oxygen atoms in total. The van der Waals surface area contributed by atoms with Crippen molar-refractivity contribution in [1.29, 1.82) is 0 Å². The van der Waals surface area contributed by atoms with E-state index < -0.39 is 0 Å². The molecule has 2 rings (SSSR count). The van der Waals surface area contributed by atoms with Gasteiger partial charge in [-0.1, -0.05) is 6.07 Å². The van der Waals surface area contributed by atoms with E-state index in [0.29, 0.717) is 23.5 Å². The highest BCUT2D eigenvalue weighted by Gasteiger charge is 2.13. The molecular formula is C15H18N4O. The van der Waals surface area contributed by atoms with Gasteiger partial charge in [-0.05, 0) is 30.3 Å². The zero-order valence-corrected chi connectivity index (χ0v) is 11.6. The van der Waals surface area contributed by atoms with Gasteiger partial charge >= 0.3 is 0 Å². The van der Waals surface area contributed by atoms with Gasteiger partial charge in [0.15, 0.2) is 0 Å². The van der Waals surface area contributed by atoms with E-state index in [9.17, 15) is 4.79 Å². The van der Waals surface area contributed by atoms with Gasteiger partial charge < -0.3 is 16.0 Å². The Morgan fingerprint density at radius 1 is 1.30 bits per heavy atom. The summed E-state index contributed by atoms with van der Waals surface area (Å²) in [5.74, 6) is -0.0616. The van der Waals surface area contributed by atoms with Crippen LogP contribution >= 0.6 is 0 Å². The Bertz CT molecular complexity index is 596. The highest BCUT2D eigenvalue weighted by atomic mass is 16.2. The molecule has 1 aromatic carbocycles. The van der Waals surface area contributed by atoms with Gasteiger partial charge in [-0.25, -0.2) is 0 Å². The third-order valence-corrected chi connectivity index (χ3v) is 2.87. The van der Waals surface area contributed by atoms with Gasteiger partial charge in [0.25, 0.3) is 5.91 Å². The molecule has 0 bridgehead atoms. The van der Waals surface area contributed by atoms with Crippen LogP contribution < -0.4 is 11.1 Å². The van der Waals surface area contributed by atoms with Crippen LogP contribution in [0.15, 0.2) is 42.6 Å². The molecule has 1 amide bonds. The van der Waals surface area contributed by atoms with E-state index in [4.69, 9.17) is 5.73 Å². The molecule has 5 heteroatoms. The lowest BCUT2D eigenvalue weighted by atomic mass is 10.1. The number of rotatable bonds is 4. The zero-order chi connectivity index (χ0) is 14.5. The second-order valence-electron chi connectivity index (χ2n) is 4.68. The smallest absolute Gasteiger partial charge is 0.255 e. The first kappa shape index (κ1) is 13.9. The van der Waals surface area contributed by atoms with Crippen molar-refractivity contribution in [2.24, 2.45) is 0 Å². The molecule has 2 aromatic rings. The number of hydrogen-bond acceptors (Lipinski definition) is 4. The first-order valence-corrected chi connectivity index (χ1v) is 6.33. The second-order valence-corrected chi connectivity index (χ2v) is 4.68. The van der Waals surface area contributed by atoms with Crippen molar-refractivity contribution in [3.63, 3.8) is 0 Å². The lowest BCUT2D eigenvalue weighted by molar-refractivity contribution is 0.0828. The molecular weight excluding hydrogens is 252 g/mol. The van der Waals surface area contributed by atoms with Crippen LogP contribution in [-0.4, -0.2) is 29.9 Å². The van der Waals surface area contributed by atoms with E-state index in [1.54, 1.807) is 38.5 Å². The molecule has 0 unspecified atom stereocenters. The molecule has 20 heavy (non-hydrogen) atoms. The maximum atomic E-state index is 12.1. The van der Waals surface area contributed by atoms with E-state index in [2.05, 4.69) is 10.3 Å². The summed E-state index contributed by atoms with van der Waals surface area (Å²) in [6.07, 6.45) is 1.74. The van der Waals surface area contributed by atoms with Gasteiger partial charge in [-0.3, -0.25) is 9.78 Å². The highest BCUT2D eigenvalue weighted by Crippen LogP contribution is 2.21.